The number of halogens is 2. The van der Waals surface area contributed by atoms with E-state index < -0.39 is 5.97 Å². The molecule has 3 aromatic rings. The maximum Gasteiger partial charge on any atom is 0.337 e. The highest BCUT2D eigenvalue weighted by Crippen LogP contribution is 2.27. The molecule has 1 heterocycles. The number of carbonyl (C=O) groups is 1. The van der Waals surface area contributed by atoms with E-state index >= 15 is 0 Å². The van der Waals surface area contributed by atoms with Gasteiger partial charge in [0.1, 0.15) is 5.82 Å². The lowest BCUT2D eigenvalue weighted by Gasteiger charge is -2.12. The minimum atomic E-state index is -1.02. The van der Waals surface area contributed by atoms with Crippen molar-refractivity contribution in [3.63, 3.8) is 0 Å². The van der Waals surface area contributed by atoms with Crippen LogP contribution >= 0.6 is 23.2 Å². The molecule has 0 spiro atoms. The number of nitrogens with zero attached hydrogens (tertiary/aromatic N) is 2. The first kappa shape index (κ1) is 18.0. The molecule has 8 heteroatoms. The fraction of sp³-hybridized carbons (Fsp3) is 0.0556. The number of aromatic carboxylic acids is 1. The summed E-state index contributed by atoms with van der Waals surface area (Å²) in [6.07, 6.45) is 0. The Balaban J connectivity index is 1.88. The molecule has 0 bridgehead atoms. The van der Waals surface area contributed by atoms with Crippen LogP contribution in [-0.4, -0.2) is 21.0 Å². The molecule has 0 aliphatic heterocycles. The standard InChI is InChI=1S/C18H14Cl2N4O2/c1-10-8-16(23-15-5-3-2-4-12(15)17(25)26)24-18(21-10)22-11-6-7-13(19)14(20)9-11/h2-9H,1H3,(H,25,26)(H2,21,22,23,24). The van der Waals surface area contributed by atoms with Gasteiger partial charge in [0.25, 0.3) is 0 Å². The Morgan fingerprint density at radius 1 is 1.00 bits per heavy atom. The average Bonchev–Trinajstić information content (AvgIpc) is 2.58. The number of hydrogen-bond donors (Lipinski definition) is 3. The van der Waals surface area contributed by atoms with Gasteiger partial charge in [-0.25, -0.2) is 9.78 Å². The van der Waals surface area contributed by atoms with Crippen LogP contribution in [0.15, 0.2) is 48.5 Å². The highest BCUT2D eigenvalue weighted by molar-refractivity contribution is 6.42. The van der Waals surface area contributed by atoms with Crippen molar-refractivity contribution in [1.82, 2.24) is 9.97 Å². The van der Waals surface area contributed by atoms with Gasteiger partial charge in [-0.2, -0.15) is 4.98 Å². The van der Waals surface area contributed by atoms with Gasteiger partial charge in [0.2, 0.25) is 5.95 Å². The number of nitrogens with one attached hydrogen (secondary N) is 2. The predicted molar refractivity (Wildman–Crippen MR) is 103 cm³/mol. The van der Waals surface area contributed by atoms with Crippen molar-refractivity contribution < 1.29 is 9.90 Å². The fourth-order valence-corrected chi connectivity index (χ4v) is 2.61. The molecular weight excluding hydrogens is 375 g/mol. The number of aromatic nitrogens is 2. The largest absolute Gasteiger partial charge is 0.478 e. The Kier molecular flexibility index (Phi) is 5.25. The topological polar surface area (TPSA) is 87.1 Å². The Morgan fingerprint density at radius 3 is 2.50 bits per heavy atom. The summed E-state index contributed by atoms with van der Waals surface area (Å²) in [5.41, 5.74) is 1.99. The summed E-state index contributed by atoms with van der Waals surface area (Å²) in [5.74, 6) is -0.208. The minimum absolute atomic E-state index is 0.155. The Labute approximate surface area is 159 Å². The fourth-order valence-electron chi connectivity index (χ4n) is 2.31. The average molecular weight is 389 g/mol. The van der Waals surface area contributed by atoms with Crippen LogP contribution < -0.4 is 10.6 Å². The molecule has 3 rings (SSSR count). The van der Waals surface area contributed by atoms with E-state index in [0.717, 1.165) is 0 Å². The van der Waals surface area contributed by atoms with Gasteiger partial charge in [0, 0.05) is 17.4 Å². The number of aryl methyl sites for hydroxylation is 1. The van der Waals surface area contributed by atoms with Crippen molar-refractivity contribution in [3.05, 3.63) is 69.8 Å². The molecule has 0 atom stereocenters. The van der Waals surface area contributed by atoms with E-state index in [1.165, 1.54) is 6.07 Å². The van der Waals surface area contributed by atoms with E-state index in [1.54, 1.807) is 42.5 Å². The number of para-hydroxylation sites is 1. The minimum Gasteiger partial charge on any atom is -0.478 e. The van der Waals surface area contributed by atoms with Crippen LogP contribution in [0.4, 0.5) is 23.1 Å². The Hall–Kier alpha value is -2.83. The lowest BCUT2D eigenvalue weighted by Crippen LogP contribution is -2.05. The molecule has 0 saturated heterocycles. The maximum atomic E-state index is 11.3. The van der Waals surface area contributed by atoms with Crippen LogP contribution in [0.1, 0.15) is 16.1 Å². The molecule has 0 fully saturated rings. The highest BCUT2D eigenvalue weighted by Gasteiger charge is 2.11. The molecule has 0 radical (unpaired) electrons. The Morgan fingerprint density at radius 2 is 1.77 bits per heavy atom. The molecule has 0 amide bonds. The number of benzene rings is 2. The van der Waals surface area contributed by atoms with Crippen LogP contribution in [-0.2, 0) is 0 Å². The second kappa shape index (κ2) is 7.59. The zero-order valence-corrected chi connectivity index (χ0v) is 15.1. The maximum absolute atomic E-state index is 11.3. The monoisotopic (exact) mass is 388 g/mol. The van der Waals surface area contributed by atoms with Crippen LogP contribution in [0.3, 0.4) is 0 Å². The summed E-state index contributed by atoms with van der Waals surface area (Å²) in [4.78, 5) is 20.0. The highest BCUT2D eigenvalue weighted by atomic mass is 35.5. The van der Waals surface area contributed by atoms with Gasteiger partial charge in [-0.3, -0.25) is 0 Å². The molecular formula is C18H14Cl2N4O2. The first-order valence-corrected chi connectivity index (χ1v) is 8.35. The van der Waals surface area contributed by atoms with Gasteiger partial charge < -0.3 is 15.7 Å². The SMILES string of the molecule is Cc1cc(Nc2ccccc2C(=O)O)nc(Nc2ccc(Cl)c(Cl)c2)n1. The zero-order valence-electron chi connectivity index (χ0n) is 13.6. The first-order valence-electron chi connectivity index (χ1n) is 7.59. The van der Waals surface area contributed by atoms with Gasteiger partial charge in [0.05, 0.1) is 21.3 Å². The van der Waals surface area contributed by atoms with Crippen molar-refractivity contribution in [1.29, 1.82) is 0 Å². The van der Waals surface area contributed by atoms with Crippen LogP contribution in [0, 0.1) is 6.92 Å². The van der Waals surface area contributed by atoms with Crippen LogP contribution in [0.25, 0.3) is 0 Å². The molecule has 0 saturated carbocycles. The van der Waals surface area contributed by atoms with Crippen molar-refractivity contribution in [3.8, 4) is 0 Å². The second-order valence-electron chi connectivity index (χ2n) is 5.45. The van der Waals surface area contributed by atoms with Gasteiger partial charge >= 0.3 is 5.97 Å². The van der Waals surface area contributed by atoms with E-state index in [9.17, 15) is 9.90 Å². The lowest BCUT2D eigenvalue weighted by molar-refractivity contribution is 0.0698. The van der Waals surface area contributed by atoms with Crippen LogP contribution in [0.5, 0.6) is 0 Å². The van der Waals surface area contributed by atoms with E-state index in [-0.39, 0.29) is 5.56 Å². The first-order chi connectivity index (χ1) is 12.4. The van der Waals surface area contributed by atoms with Crippen molar-refractivity contribution in [2.45, 2.75) is 6.92 Å². The van der Waals surface area contributed by atoms with Gasteiger partial charge in [0.15, 0.2) is 0 Å². The molecule has 26 heavy (non-hydrogen) atoms. The zero-order chi connectivity index (χ0) is 18.7. The number of rotatable bonds is 5. The second-order valence-corrected chi connectivity index (χ2v) is 6.26. The molecule has 0 aliphatic carbocycles. The molecule has 3 N–H and O–H groups in total. The number of carboxylic acids is 1. The van der Waals surface area contributed by atoms with Crippen molar-refractivity contribution in [2.75, 3.05) is 10.6 Å². The summed E-state index contributed by atoms with van der Waals surface area (Å²) >= 11 is 11.9. The molecule has 6 nitrogen and oxygen atoms in total. The molecule has 132 valence electrons. The van der Waals surface area contributed by atoms with Crippen LogP contribution in [0.2, 0.25) is 10.0 Å². The third-order valence-corrected chi connectivity index (χ3v) is 4.19. The Bertz CT molecular complexity index is 979. The summed E-state index contributed by atoms with van der Waals surface area (Å²) in [7, 11) is 0. The third kappa shape index (κ3) is 4.22. The quantitative estimate of drug-likeness (QED) is 0.551. The third-order valence-electron chi connectivity index (χ3n) is 3.45. The summed E-state index contributed by atoms with van der Waals surface area (Å²) in [5, 5.41) is 16.2. The van der Waals surface area contributed by atoms with E-state index in [2.05, 4.69) is 20.6 Å². The normalized spacial score (nSPS) is 10.4. The summed E-state index contributed by atoms with van der Waals surface area (Å²) in [6.45, 7) is 1.82. The molecule has 1 aromatic heterocycles. The van der Waals surface area contributed by atoms with E-state index in [0.29, 0.717) is 38.9 Å². The van der Waals surface area contributed by atoms with Crippen molar-refractivity contribution in [2.24, 2.45) is 0 Å². The molecule has 0 aliphatic rings. The van der Waals surface area contributed by atoms with E-state index in [1.807, 2.05) is 6.92 Å². The van der Waals surface area contributed by atoms with E-state index in [4.69, 9.17) is 23.2 Å². The van der Waals surface area contributed by atoms with Gasteiger partial charge in [-0.05, 0) is 37.3 Å². The predicted octanol–water partition coefficient (Wildman–Crippen LogP) is 5.28. The molecule has 2 aromatic carbocycles. The van der Waals surface area contributed by atoms with Crippen molar-refractivity contribution >= 4 is 52.3 Å². The van der Waals surface area contributed by atoms with Gasteiger partial charge in [-0.15, -0.1) is 0 Å². The molecule has 0 unspecified atom stereocenters. The lowest BCUT2D eigenvalue weighted by atomic mass is 10.2. The summed E-state index contributed by atoms with van der Waals surface area (Å²) < 4.78 is 0. The summed E-state index contributed by atoms with van der Waals surface area (Å²) in [6, 6.07) is 13.4. The number of anilines is 4. The van der Waals surface area contributed by atoms with Gasteiger partial charge in [-0.1, -0.05) is 35.3 Å². The smallest absolute Gasteiger partial charge is 0.337 e. The number of carboxylic acid groups (broad SMARTS) is 1. The number of hydrogen-bond acceptors (Lipinski definition) is 5.